The van der Waals surface area contributed by atoms with Crippen LogP contribution in [0.25, 0.3) is 0 Å². The monoisotopic (exact) mass is 186 g/mol. The van der Waals surface area contributed by atoms with Gasteiger partial charge in [0.2, 0.25) is 0 Å². The van der Waals surface area contributed by atoms with Crippen LogP contribution in [0.2, 0.25) is 0 Å². The van der Waals surface area contributed by atoms with Crippen LogP contribution in [0.3, 0.4) is 0 Å². The average molecular weight is 186 g/mol. The molecule has 72 valence electrons. The molecule has 0 aliphatic carbocycles. The molecule has 4 heteroatoms. The van der Waals surface area contributed by atoms with Crippen LogP contribution in [0.1, 0.15) is 18.4 Å². The molecule has 0 aliphatic rings. The molecule has 0 saturated heterocycles. The van der Waals surface area contributed by atoms with Crippen LogP contribution in [0.15, 0.2) is 24.5 Å². The van der Waals surface area contributed by atoms with E-state index < -0.39 is 5.92 Å². The Bertz CT molecular complexity index is 249. The van der Waals surface area contributed by atoms with Crippen LogP contribution < -0.4 is 5.73 Å². The van der Waals surface area contributed by atoms with E-state index in [1.807, 2.05) is 0 Å². The number of rotatable bonds is 4. The number of alkyl halides is 2. The first kappa shape index (κ1) is 10.1. The van der Waals surface area contributed by atoms with Gasteiger partial charge >= 0.3 is 0 Å². The summed E-state index contributed by atoms with van der Waals surface area (Å²) in [5, 5.41) is 0. The number of pyridine rings is 1. The highest BCUT2D eigenvalue weighted by molar-refractivity contribution is 5.14. The molecule has 0 aromatic carbocycles. The second-order valence-corrected chi connectivity index (χ2v) is 2.84. The Morgan fingerprint density at radius 1 is 1.46 bits per heavy atom. The molecule has 1 aromatic heterocycles. The van der Waals surface area contributed by atoms with Crippen molar-refractivity contribution in [2.75, 3.05) is 6.54 Å². The first-order valence-corrected chi connectivity index (χ1v) is 4.15. The maximum atomic E-state index is 13.2. The number of hydrogen-bond donors (Lipinski definition) is 1. The zero-order valence-corrected chi connectivity index (χ0v) is 7.21. The van der Waals surface area contributed by atoms with Gasteiger partial charge in [-0.3, -0.25) is 4.98 Å². The minimum atomic E-state index is -2.80. The van der Waals surface area contributed by atoms with Crippen molar-refractivity contribution in [2.45, 2.75) is 18.8 Å². The Balaban J connectivity index is 2.69. The molecule has 2 nitrogen and oxygen atoms in total. The van der Waals surface area contributed by atoms with Crippen molar-refractivity contribution in [3.63, 3.8) is 0 Å². The Morgan fingerprint density at radius 3 is 2.77 bits per heavy atom. The normalized spacial score (nSPS) is 11.6. The van der Waals surface area contributed by atoms with E-state index in [9.17, 15) is 8.78 Å². The number of nitrogens with two attached hydrogens (primary N) is 1. The molecule has 2 N–H and O–H groups in total. The van der Waals surface area contributed by atoms with E-state index in [4.69, 9.17) is 5.73 Å². The van der Waals surface area contributed by atoms with Gasteiger partial charge in [-0.1, -0.05) is 0 Å². The lowest BCUT2D eigenvalue weighted by Gasteiger charge is -2.15. The fourth-order valence-corrected chi connectivity index (χ4v) is 1.05. The lowest BCUT2D eigenvalue weighted by Crippen LogP contribution is -2.15. The first-order chi connectivity index (χ1) is 6.17. The second kappa shape index (κ2) is 4.28. The van der Waals surface area contributed by atoms with Gasteiger partial charge in [0, 0.05) is 24.4 Å². The van der Waals surface area contributed by atoms with Crippen molar-refractivity contribution in [1.29, 1.82) is 0 Å². The average Bonchev–Trinajstić information content (AvgIpc) is 2.16. The Labute approximate surface area is 75.8 Å². The van der Waals surface area contributed by atoms with Crippen molar-refractivity contribution >= 4 is 0 Å². The number of halogens is 2. The summed E-state index contributed by atoms with van der Waals surface area (Å²) in [6.07, 6.45) is 2.77. The third kappa shape index (κ3) is 2.73. The second-order valence-electron chi connectivity index (χ2n) is 2.84. The van der Waals surface area contributed by atoms with Crippen LogP contribution in [-0.4, -0.2) is 11.5 Å². The molecule has 13 heavy (non-hydrogen) atoms. The van der Waals surface area contributed by atoms with Gasteiger partial charge < -0.3 is 5.73 Å². The Kier molecular flexibility index (Phi) is 3.31. The molecule has 0 spiro atoms. The summed E-state index contributed by atoms with van der Waals surface area (Å²) in [5.74, 6) is -2.80. The highest BCUT2D eigenvalue weighted by atomic mass is 19.3. The third-order valence-electron chi connectivity index (χ3n) is 1.78. The summed E-state index contributed by atoms with van der Waals surface area (Å²) >= 11 is 0. The summed E-state index contributed by atoms with van der Waals surface area (Å²) in [7, 11) is 0. The molecule has 0 atom stereocenters. The minimum absolute atomic E-state index is 0.0385. The Hall–Kier alpha value is -1.03. The van der Waals surface area contributed by atoms with Gasteiger partial charge in [0.1, 0.15) is 0 Å². The predicted octanol–water partition coefficient (Wildman–Crippen LogP) is 1.91. The van der Waals surface area contributed by atoms with E-state index in [-0.39, 0.29) is 18.5 Å². The maximum absolute atomic E-state index is 13.2. The van der Waals surface area contributed by atoms with Crippen molar-refractivity contribution in [2.24, 2.45) is 5.73 Å². The quantitative estimate of drug-likeness (QED) is 0.780. The van der Waals surface area contributed by atoms with Crippen LogP contribution in [-0.2, 0) is 5.92 Å². The zero-order valence-electron chi connectivity index (χ0n) is 7.21. The van der Waals surface area contributed by atoms with E-state index in [0.29, 0.717) is 6.42 Å². The van der Waals surface area contributed by atoms with Gasteiger partial charge in [-0.15, -0.1) is 0 Å². The summed E-state index contributed by atoms with van der Waals surface area (Å²) < 4.78 is 26.5. The smallest absolute Gasteiger partial charge is 0.274 e. The van der Waals surface area contributed by atoms with E-state index in [1.54, 1.807) is 0 Å². The van der Waals surface area contributed by atoms with Gasteiger partial charge in [-0.05, 0) is 25.1 Å². The van der Waals surface area contributed by atoms with Crippen molar-refractivity contribution in [1.82, 2.24) is 4.98 Å². The molecular formula is C9H12F2N2. The van der Waals surface area contributed by atoms with Crippen LogP contribution in [0, 0.1) is 0 Å². The molecule has 0 aliphatic heterocycles. The Morgan fingerprint density at radius 2 is 2.23 bits per heavy atom. The maximum Gasteiger partial charge on any atom is 0.274 e. The third-order valence-corrected chi connectivity index (χ3v) is 1.78. The van der Waals surface area contributed by atoms with E-state index in [2.05, 4.69) is 4.98 Å². The topological polar surface area (TPSA) is 38.9 Å². The van der Waals surface area contributed by atoms with E-state index >= 15 is 0 Å². The standard InChI is InChI=1S/C9H12F2N2/c10-9(11,4-2-5-12)8-3-1-6-13-7-8/h1,3,6-7H,2,4-5,12H2. The fourth-order valence-electron chi connectivity index (χ4n) is 1.05. The van der Waals surface area contributed by atoms with Crippen LogP contribution in [0.4, 0.5) is 8.78 Å². The predicted molar refractivity (Wildman–Crippen MR) is 46.4 cm³/mol. The van der Waals surface area contributed by atoms with Crippen molar-refractivity contribution < 1.29 is 8.78 Å². The summed E-state index contributed by atoms with van der Waals surface area (Å²) in [6.45, 7) is 0.288. The zero-order chi connectivity index (χ0) is 9.73. The SMILES string of the molecule is NCCCC(F)(F)c1cccnc1. The minimum Gasteiger partial charge on any atom is -0.330 e. The molecule has 1 aromatic rings. The number of aromatic nitrogens is 1. The molecule has 0 radical (unpaired) electrons. The molecule has 0 bridgehead atoms. The molecular weight excluding hydrogens is 174 g/mol. The van der Waals surface area contributed by atoms with Crippen molar-refractivity contribution in [3.05, 3.63) is 30.1 Å². The van der Waals surface area contributed by atoms with E-state index in [1.165, 1.54) is 24.5 Å². The van der Waals surface area contributed by atoms with Gasteiger partial charge in [0.05, 0.1) is 0 Å². The summed E-state index contributed by atoms with van der Waals surface area (Å²) in [6, 6.07) is 2.88. The molecule has 1 rings (SSSR count). The molecule has 1 heterocycles. The highest BCUT2D eigenvalue weighted by Gasteiger charge is 2.30. The van der Waals surface area contributed by atoms with Gasteiger partial charge in [-0.2, -0.15) is 0 Å². The summed E-state index contributed by atoms with van der Waals surface area (Å²) in [5.41, 5.74) is 5.13. The van der Waals surface area contributed by atoms with E-state index in [0.717, 1.165) is 0 Å². The molecule has 0 unspecified atom stereocenters. The largest absolute Gasteiger partial charge is 0.330 e. The summed E-state index contributed by atoms with van der Waals surface area (Å²) in [4.78, 5) is 3.65. The van der Waals surface area contributed by atoms with Gasteiger partial charge in [0.15, 0.2) is 0 Å². The highest BCUT2D eigenvalue weighted by Crippen LogP contribution is 2.31. The van der Waals surface area contributed by atoms with Gasteiger partial charge in [-0.25, -0.2) is 8.78 Å². The fraction of sp³-hybridized carbons (Fsp3) is 0.444. The molecule has 0 saturated carbocycles. The van der Waals surface area contributed by atoms with Gasteiger partial charge in [0.25, 0.3) is 5.92 Å². The van der Waals surface area contributed by atoms with Crippen molar-refractivity contribution in [3.8, 4) is 0 Å². The van der Waals surface area contributed by atoms with Crippen LogP contribution >= 0.6 is 0 Å². The molecule has 0 fully saturated rings. The molecule has 0 amide bonds. The number of hydrogen-bond acceptors (Lipinski definition) is 2. The lowest BCUT2D eigenvalue weighted by molar-refractivity contribution is -0.0149. The first-order valence-electron chi connectivity index (χ1n) is 4.15. The van der Waals surface area contributed by atoms with Crippen LogP contribution in [0.5, 0.6) is 0 Å². The lowest BCUT2D eigenvalue weighted by atomic mass is 10.1. The number of nitrogens with zero attached hydrogens (tertiary/aromatic N) is 1.